The summed E-state index contributed by atoms with van der Waals surface area (Å²) in [6, 6.07) is 0. The third kappa shape index (κ3) is 1.69. The Morgan fingerprint density at radius 1 is 1.57 bits per heavy atom. The fourth-order valence-corrected chi connectivity index (χ4v) is 2.59. The summed E-state index contributed by atoms with van der Waals surface area (Å²) in [4.78, 5) is 11.3. The van der Waals surface area contributed by atoms with Gasteiger partial charge in [0, 0.05) is 0 Å². The summed E-state index contributed by atoms with van der Waals surface area (Å²) in [6.07, 6.45) is 5.18. The predicted octanol–water partition coefficient (Wildman–Crippen LogP) is 1.27. The lowest BCUT2D eigenvalue weighted by Crippen LogP contribution is -2.14. The minimum Gasteiger partial charge on any atom is -0.469 e. The van der Waals surface area contributed by atoms with Gasteiger partial charge in [0.2, 0.25) is 0 Å². The van der Waals surface area contributed by atoms with Crippen LogP contribution in [0.3, 0.4) is 0 Å². The minimum absolute atomic E-state index is 0.0292. The molecule has 14 heavy (non-hydrogen) atoms. The molecule has 0 aromatic rings. The van der Waals surface area contributed by atoms with E-state index in [0.29, 0.717) is 5.92 Å². The Morgan fingerprint density at radius 2 is 2.36 bits per heavy atom. The van der Waals surface area contributed by atoms with Crippen LogP contribution in [0.4, 0.5) is 0 Å². The van der Waals surface area contributed by atoms with Crippen molar-refractivity contribution in [2.24, 2.45) is 11.8 Å². The zero-order chi connectivity index (χ0) is 10.1. The van der Waals surface area contributed by atoms with E-state index < -0.39 is 0 Å². The number of fused-ring (bicyclic) bond motifs is 1. The van der Waals surface area contributed by atoms with Crippen molar-refractivity contribution in [1.29, 1.82) is 0 Å². The summed E-state index contributed by atoms with van der Waals surface area (Å²) in [6.45, 7) is 0. The molecular weight excluding hydrogens is 180 g/mol. The molecule has 3 atom stereocenters. The van der Waals surface area contributed by atoms with Crippen molar-refractivity contribution in [2.75, 3.05) is 7.11 Å². The van der Waals surface area contributed by atoms with Gasteiger partial charge in [-0.25, -0.2) is 0 Å². The van der Waals surface area contributed by atoms with E-state index in [1.165, 1.54) is 12.7 Å². The molecule has 2 aliphatic rings. The molecule has 0 aliphatic heterocycles. The predicted molar refractivity (Wildman–Crippen MR) is 51.6 cm³/mol. The summed E-state index contributed by atoms with van der Waals surface area (Å²) in [7, 11) is 1.44. The molecule has 0 bridgehead atoms. The van der Waals surface area contributed by atoms with Crippen LogP contribution in [0.2, 0.25) is 0 Å². The van der Waals surface area contributed by atoms with Crippen molar-refractivity contribution in [3.05, 3.63) is 11.6 Å². The van der Waals surface area contributed by atoms with Crippen LogP contribution < -0.4 is 0 Å². The summed E-state index contributed by atoms with van der Waals surface area (Å²) >= 11 is 0. The number of hydrogen-bond donors (Lipinski definition) is 1. The first-order chi connectivity index (χ1) is 6.70. The van der Waals surface area contributed by atoms with E-state index in [-0.39, 0.29) is 18.0 Å². The van der Waals surface area contributed by atoms with Gasteiger partial charge in [-0.3, -0.25) is 4.79 Å². The lowest BCUT2D eigenvalue weighted by Gasteiger charge is -2.20. The van der Waals surface area contributed by atoms with Gasteiger partial charge in [0.1, 0.15) is 0 Å². The maximum atomic E-state index is 11.3. The normalized spacial score (nSPS) is 36.1. The van der Waals surface area contributed by atoms with Crippen molar-refractivity contribution < 1.29 is 14.6 Å². The number of aliphatic hydroxyl groups is 1. The molecule has 2 rings (SSSR count). The zero-order valence-corrected chi connectivity index (χ0v) is 8.40. The van der Waals surface area contributed by atoms with Crippen LogP contribution in [-0.2, 0) is 9.53 Å². The number of hydrogen-bond acceptors (Lipinski definition) is 3. The molecule has 0 unspecified atom stereocenters. The second-order valence-corrected chi connectivity index (χ2v) is 4.24. The number of rotatable bonds is 1. The molecular formula is C11H16O3. The van der Waals surface area contributed by atoms with Gasteiger partial charge in [0.05, 0.1) is 19.1 Å². The number of methoxy groups -OCH3 is 1. The molecule has 0 radical (unpaired) electrons. The third-order valence-electron chi connectivity index (χ3n) is 3.33. The van der Waals surface area contributed by atoms with Gasteiger partial charge < -0.3 is 9.84 Å². The summed E-state index contributed by atoms with van der Waals surface area (Å²) in [5.74, 6) is 0.443. The van der Waals surface area contributed by atoms with Crippen molar-refractivity contribution in [3.63, 3.8) is 0 Å². The molecule has 0 saturated heterocycles. The Hall–Kier alpha value is -0.830. The van der Waals surface area contributed by atoms with Crippen LogP contribution in [0.15, 0.2) is 11.6 Å². The number of allylic oxidation sites excluding steroid dienone is 1. The van der Waals surface area contributed by atoms with E-state index in [1.54, 1.807) is 0 Å². The Labute approximate surface area is 83.8 Å². The number of esters is 1. The molecule has 0 amide bonds. The lowest BCUT2D eigenvalue weighted by atomic mass is 9.89. The largest absolute Gasteiger partial charge is 0.469 e. The molecule has 3 nitrogen and oxygen atoms in total. The molecule has 3 heteroatoms. The number of ether oxygens (including phenoxy) is 1. The van der Waals surface area contributed by atoms with Crippen LogP contribution >= 0.6 is 0 Å². The van der Waals surface area contributed by atoms with E-state index in [4.69, 9.17) is 4.74 Å². The first-order valence-electron chi connectivity index (χ1n) is 5.17. The van der Waals surface area contributed by atoms with Crippen molar-refractivity contribution in [3.8, 4) is 0 Å². The standard InChI is InChI=1S/C11H16O3/c1-14-11(13)9-4-7-2-3-10(12)6-8(7)5-9/h6-7,9-10,12H,2-5H2,1H3/t7-,9+,10-/m1/s1. The van der Waals surface area contributed by atoms with Crippen molar-refractivity contribution >= 4 is 5.97 Å². The molecule has 2 aliphatic carbocycles. The molecule has 0 spiro atoms. The van der Waals surface area contributed by atoms with Gasteiger partial charge in [-0.05, 0) is 31.6 Å². The highest BCUT2D eigenvalue weighted by Gasteiger charge is 2.36. The van der Waals surface area contributed by atoms with Crippen LogP contribution in [0.25, 0.3) is 0 Å². The Bertz CT molecular complexity index is 270. The Balaban J connectivity index is 2.06. The van der Waals surface area contributed by atoms with Crippen molar-refractivity contribution in [2.45, 2.75) is 31.8 Å². The smallest absolute Gasteiger partial charge is 0.308 e. The average molecular weight is 196 g/mol. The SMILES string of the molecule is COC(=O)[C@@H]1CC2=C[C@H](O)CC[C@@H]2C1. The second-order valence-electron chi connectivity index (χ2n) is 4.24. The molecule has 0 aromatic heterocycles. The van der Waals surface area contributed by atoms with Gasteiger partial charge in [0.15, 0.2) is 0 Å². The maximum Gasteiger partial charge on any atom is 0.308 e. The fraction of sp³-hybridized carbons (Fsp3) is 0.727. The highest BCUT2D eigenvalue weighted by molar-refractivity contribution is 5.73. The van der Waals surface area contributed by atoms with E-state index in [1.807, 2.05) is 6.08 Å². The minimum atomic E-state index is -0.294. The lowest BCUT2D eigenvalue weighted by molar-refractivity contribution is -0.145. The molecule has 1 fully saturated rings. The molecule has 0 heterocycles. The Morgan fingerprint density at radius 3 is 3.07 bits per heavy atom. The maximum absolute atomic E-state index is 11.3. The molecule has 1 saturated carbocycles. The van der Waals surface area contributed by atoms with Gasteiger partial charge >= 0.3 is 5.97 Å². The summed E-state index contributed by atoms with van der Waals surface area (Å²) in [5, 5.41) is 9.45. The van der Waals surface area contributed by atoms with Gasteiger partial charge in [0.25, 0.3) is 0 Å². The second kappa shape index (κ2) is 3.73. The van der Waals surface area contributed by atoms with Crippen molar-refractivity contribution in [1.82, 2.24) is 0 Å². The number of carbonyl (C=O) groups excluding carboxylic acids is 1. The van der Waals surface area contributed by atoms with E-state index in [9.17, 15) is 9.90 Å². The van der Waals surface area contributed by atoms with Gasteiger partial charge in [-0.1, -0.05) is 11.6 Å². The first kappa shape index (κ1) is 9.71. The molecule has 1 N–H and O–H groups in total. The zero-order valence-electron chi connectivity index (χ0n) is 8.40. The van der Waals surface area contributed by atoms with Gasteiger partial charge in [-0.15, -0.1) is 0 Å². The van der Waals surface area contributed by atoms with E-state index in [2.05, 4.69) is 0 Å². The average Bonchev–Trinajstić information content (AvgIpc) is 2.59. The summed E-state index contributed by atoms with van der Waals surface area (Å²) < 4.78 is 4.74. The van der Waals surface area contributed by atoms with Crippen LogP contribution in [0, 0.1) is 11.8 Å². The quantitative estimate of drug-likeness (QED) is 0.507. The Kier molecular flexibility index (Phi) is 2.59. The van der Waals surface area contributed by atoms with Crippen LogP contribution in [0.1, 0.15) is 25.7 Å². The highest BCUT2D eigenvalue weighted by Crippen LogP contribution is 2.42. The molecule has 0 aromatic carbocycles. The highest BCUT2D eigenvalue weighted by atomic mass is 16.5. The fourth-order valence-electron chi connectivity index (χ4n) is 2.59. The van der Waals surface area contributed by atoms with Crippen LogP contribution in [0.5, 0.6) is 0 Å². The monoisotopic (exact) mass is 196 g/mol. The third-order valence-corrected chi connectivity index (χ3v) is 3.33. The van der Waals surface area contributed by atoms with E-state index in [0.717, 1.165) is 25.7 Å². The van der Waals surface area contributed by atoms with Crippen LogP contribution in [-0.4, -0.2) is 24.3 Å². The first-order valence-corrected chi connectivity index (χ1v) is 5.17. The van der Waals surface area contributed by atoms with E-state index >= 15 is 0 Å². The van der Waals surface area contributed by atoms with Gasteiger partial charge in [-0.2, -0.15) is 0 Å². The topological polar surface area (TPSA) is 46.5 Å². The molecule has 78 valence electrons. The summed E-state index contributed by atoms with van der Waals surface area (Å²) in [5.41, 5.74) is 1.26. The number of aliphatic hydroxyl groups excluding tert-OH is 1. The number of carbonyl (C=O) groups is 1.